The standard InChI is InChI=1S/C15H24N2O4/c1-3-5-12(7-8-18)10-16-14(19)11(2)17-15(20)13-6-4-9-21-13/h4,6,9,11-12,18H,3,5,7-8,10H2,1-2H3,(H,16,19)(H,17,20). The molecule has 2 amide bonds. The van der Waals surface area contributed by atoms with Gasteiger partial charge in [-0.05, 0) is 37.8 Å². The Morgan fingerprint density at radius 3 is 2.71 bits per heavy atom. The van der Waals surface area contributed by atoms with Gasteiger partial charge in [0.25, 0.3) is 5.91 Å². The Bertz CT molecular complexity index is 425. The molecule has 1 aromatic heterocycles. The maximum absolute atomic E-state index is 11.9. The summed E-state index contributed by atoms with van der Waals surface area (Å²) in [4.78, 5) is 23.7. The number of carbonyl (C=O) groups is 2. The smallest absolute Gasteiger partial charge is 0.287 e. The highest BCUT2D eigenvalue weighted by Crippen LogP contribution is 2.09. The second kappa shape index (κ2) is 9.18. The van der Waals surface area contributed by atoms with Crippen molar-refractivity contribution in [2.24, 2.45) is 5.92 Å². The van der Waals surface area contributed by atoms with E-state index in [2.05, 4.69) is 17.6 Å². The summed E-state index contributed by atoms with van der Waals surface area (Å²) < 4.78 is 4.97. The molecule has 0 aliphatic carbocycles. The van der Waals surface area contributed by atoms with Gasteiger partial charge in [-0.25, -0.2) is 0 Å². The van der Waals surface area contributed by atoms with E-state index in [1.807, 2.05) is 0 Å². The van der Waals surface area contributed by atoms with E-state index in [9.17, 15) is 9.59 Å². The Morgan fingerprint density at radius 1 is 1.38 bits per heavy atom. The van der Waals surface area contributed by atoms with E-state index in [1.54, 1.807) is 19.1 Å². The van der Waals surface area contributed by atoms with Crippen LogP contribution in [0, 0.1) is 5.92 Å². The van der Waals surface area contributed by atoms with Crippen LogP contribution in [0.1, 0.15) is 43.7 Å². The van der Waals surface area contributed by atoms with Gasteiger partial charge in [0.1, 0.15) is 6.04 Å². The van der Waals surface area contributed by atoms with Crippen molar-refractivity contribution < 1.29 is 19.1 Å². The summed E-state index contributed by atoms with van der Waals surface area (Å²) >= 11 is 0. The normalized spacial score (nSPS) is 13.5. The lowest BCUT2D eigenvalue weighted by Gasteiger charge is -2.18. The minimum absolute atomic E-state index is 0.116. The molecular formula is C15H24N2O4. The number of carbonyl (C=O) groups excluding carboxylic acids is 2. The monoisotopic (exact) mass is 296 g/mol. The summed E-state index contributed by atoms with van der Waals surface area (Å²) in [5.41, 5.74) is 0. The number of hydrogen-bond donors (Lipinski definition) is 3. The number of furan rings is 1. The van der Waals surface area contributed by atoms with Crippen molar-refractivity contribution in [2.75, 3.05) is 13.2 Å². The molecule has 0 aliphatic rings. The van der Waals surface area contributed by atoms with Gasteiger partial charge in [-0.15, -0.1) is 0 Å². The molecule has 0 saturated carbocycles. The predicted molar refractivity (Wildman–Crippen MR) is 78.7 cm³/mol. The molecule has 0 spiro atoms. The van der Waals surface area contributed by atoms with Crippen molar-refractivity contribution in [3.05, 3.63) is 24.2 Å². The molecule has 2 atom stereocenters. The SMILES string of the molecule is CCCC(CCO)CNC(=O)C(C)NC(=O)c1ccco1. The van der Waals surface area contributed by atoms with Gasteiger partial charge < -0.3 is 20.2 Å². The van der Waals surface area contributed by atoms with Crippen LogP contribution in [-0.2, 0) is 4.79 Å². The third-order valence-corrected chi connectivity index (χ3v) is 3.29. The molecule has 0 radical (unpaired) electrons. The van der Waals surface area contributed by atoms with Crippen molar-refractivity contribution in [3.8, 4) is 0 Å². The average molecular weight is 296 g/mol. The first-order valence-corrected chi connectivity index (χ1v) is 7.31. The van der Waals surface area contributed by atoms with Crippen molar-refractivity contribution in [1.82, 2.24) is 10.6 Å². The molecule has 6 nitrogen and oxygen atoms in total. The molecule has 1 heterocycles. The molecule has 1 aromatic rings. The summed E-state index contributed by atoms with van der Waals surface area (Å²) in [7, 11) is 0. The molecule has 0 fully saturated rings. The van der Waals surface area contributed by atoms with Crippen LogP contribution in [0.5, 0.6) is 0 Å². The highest BCUT2D eigenvalue weighted by Gasteiger charge is 2.18. The van der Waals surface area contributed by atoms with Gasteiger partial charge in [0.05, 0.1) is 6.26 Å². The Balaban J connectivity index is 2.38. The van der Waals surface area contributed by atoms with Crippen LogP contribution in [-0.4, -0.2) is 36.1 Å². The van der Waals surface area contributed by atoms with Crippen LogP contribution in [0.4, 0.5) is 0 Å². The van der Waals surface area contributed by atoms with Gasteiger partial charge in [0.15, 0.2) is 5.76 Å². The van der Waals surface area contributed by atoms with Gasteiger partial charge in [0, 0.05) is 13.2 Å². The van der Waals surface area contributed by atoms with Crippen LogP contribution in [0.15, 0.2) is 22.8 Å². The molecule has 2 unspecified atom stereocenters. The first kappa shape index (κ1) is 17.2. The number of aliphatic hydroxyl groups is 1. The Labute approximate surface area is 124 Å². The maximum atomic E-state index is 11.9. The highest BCUT2D eigenvalue weighted by atomic mass is 16.3. The molecule has 0 saturated heterocycles. The van der Waals surface area contributed by atoms with Gasteiger partial charge in [-0.2, -0.15) is 0 Å². The number of nitrogens with one attached hydrogen (secondary N) is 2. The number of hydrogen-bond acceptors (Lipinski definition) is 4. The van der Waals surface area contributed by atoms with Crippen LogP contribution in [0.2, 0.25) is 0 Å². The van der Waals surface area contributed by atoms with Gasteiger partial charge in [0.2, 0.25) is 5.91 Å². The zero-order valence-corrected chi connectivity index (χ0v) is 12.6. The Kier molecular flexibility index (Phi) is 7.53. The molecule has 6 heteroatoms. The minimum Gasteiger partial charge on any atom is -0.459 e. The fourth-order valence-corrected chi connectivity index (χ4v) is 2.08. The van der Waals surface area contributed by atoms with Crippen LogP contribution >= 0.6 is 0 Å². The van der Waals surface area contributed by atoms with E-state index in [1.165, 1.54) is 6.26 Å². The highest BCUT2D eigenvalue weighted by molar-refractivity contribution is 5.95. The first-order chi connectivity index (χ1) is 10.1. The molecule has 1 rings (SSSR count). The zero-order chi connectivity index (χ0) is 15.7. The molecule has 118 valence electrons. The zero-order valence-electron chi connectivity index (χ0n) is 12.6. The quantitative estimate of drug-likeness (QED) is 0.641. The summed E-state index contributed by atoms with van der Waals surface area (Å²) in [6.45, 7) is 4.31. The summed E-state index contributed by atoms with van der Waals surface area (Å²) in [5.74, 6) is -0.215. The summed E-state index contributed by atoms with van der Waals surface area (Å²) in [5, 5.41) is 14.4. The first-order valence-electron chi connectivity index (χ1n) is 7.31. The van der Waals surface area contributed by atoms with E-state index in [0.717, 1.165) is 12.8 Å². The minimum atomic E-state index is -0.640. The molecular weight excluding hydrogens is 272 g/mol. The summed E-state index contributed by atoms with van der Waals surface area (Å²) in [6.07, 6.45) is 4.03. The van der Waals surface area contributed by atoms with Gasteiger partial charge in [-0.1, -0.05) is 13.3 Å². The van der Waals surface area contributed by atoms with Gasteiger partial charge in [-0.3, -0.25) is 9.59 Å². The molecule has 0 bridgehead atoms. The summed E-state index contributed by atoms with van der Waals surface area (Å²) in [6, 6.07) is 2.52. The van der Waals surface area contributed by atoms with Crippen LogP contribution in [0.25, 0.3) is 0 Å². The van der Waals surface area contributed by atoms with E-state index < -0.39 is 11.9 Å². The fraction of sp³-hybridized carbons (Fsp3) is 0.600. The maximum Gasteiger partial charge on any atom is 0.287 e. The van der Waals surface area contributed by atoms with E-state index in [-0.39, 0.29) is 24.2 Å². The lowest BCUT2D eigenvalue weighted by atomic mass is 10.0. The van der Waals surface area contributed by atoms with E-state index >= 15 is 0 Å². The molecule has 21 heavy (non-hydrogen) atoms. The van der Waals surface area contributed by atoms with E-state index in [0.29, 0.717) is 13.0 Å². The Morgan fingerprint density at radius 2 is 2.14 bits per heavy atom. The van der Waals surface area contributed by atoms with Crippen LogP contribution < -0.4 is 10.6 Å². The Hall–Kier alpha value is -1.82. The lowest BCUT2D eigenvalue weighted by molar-refractivity contribution is -0.122. The molecule has 0 aromatic carbocycles. The van der Waals surface area contributed by atoms with E-state index in [4.69, 9.17) is 9.52 Å². The fourth-order valence-electron chi connectivity index (χ4n) is 2.08. The second-order valence-electron chi connectivity index (χ2n) is 5.08. The number of rotatable bonds is 9. The number of aliphatic hydroxyl groups excluding tert-OH is 1. The third-order valence-electron chi connectivity index (χ3n) is 3.29. The molecule has 3 N–H and O–H groups in total. The average Bonchev–Trinajstić information content (AvgIpc) is 2.99. The third kappa shape index (κ3) is 5.99. The van der Waals surface area contributed by atoms with Crippen molar-refractivity contribution >= 4 is 11.8 Å². The van der Waals surface area contributed by atoms with Crippen molar-refractivity contribution in [3.63, 3.8) is 0 Å². The topological polar surface area (TPSA) is 91.6 Å². The molecule has 0 aliphatic heterocycles. The van der Waals surface area contributed by atoms with Crippen molar-refractivity contribution in [2.45, 2.75) is 39.2 Å². The number of amides is 2. The second-order valence-corrected chi connectivity index (χ2v) is 5.08. The van der Waals surface area contributed by atoms with Gasteiger partial charge >= 0.3 is 0 Å². The van der Waals surface area contributed by atoms with Crippen LogP contribution in [0.3, 0.4) is 0 Å². The largest absolute Gasteiger partial charge is 0.459 e. The predicted octanol–water partition coefficient (Wildman–Crippen LogP) is 1.31. The lowest BCUT2D eigenvalue weighted by Crippen LogP contribution is -2.46. The van der Waals surface area contributed by atoms with Crippen molar-refractivity contribution in [1.29, 1.82) is 0 Å².